The lowest BCUT2D eigenvalue weighted by Gasteiger charge is -2.09. The first-order chi connectivity index (χ1) is 6.35. The molecule has 0 fully saturated rings. The van der Waals surface area contributed by atoms with Crippen LogP contribution in [0.5, 0.6) is 0 Å². The summed E-state index contributed by atoms with van der Waals surface area (Å²) >= 11 is 0. The maximum atomic E-state index is 11.5. The molecule has 0 aliphatic rings. The van der Waals surface area contributed by atoms with Gasteiger partial charge >= 0.3 is 12.3 Å². The van der Waals surface area contributed by atoms with Gasteiger partial charge in [0.25, 0.3) is 0 Å². The predicted molar refractivity (Wildman–Crippen MR) is 40.2 cm³/mol. The van der Waals surface area contributed by atoms with Crippen LogP contribution in [0.15, 0.2) is 0 Å². The van der Waals surface area contributed by atoms with Crippen molar-refractivity contribution in [1.82, 2.24) is 5.32 Å². The van der Waals surface area contributed by atoms with E-state index in [0.717, 1.165) is 0 Å². The fourth-order valence-corrected chi connectivity index (χ4v) is 0.480. The van der Waals surface area contributed by atoms with Crippen molar-refractivity contribution >= 4 is 6.09 Å². The Bertz CT molecular complexity index is 234. The van der Waals surface area contributed by atoms with E-state index >= 15 is 0 Å². The first kappa shape index (κ1) is 12.6. The third-order valence-corrected chi connectivity index (χ3v) is 1.14. The van der Waals surface area contributed by atoms with Crippen LogP contribution in [0, 0.1) is 17.2 Å². The normalized spacial score (nSPS) is 12.8. The number of amides is 1. The molecule has 7 heteroatoms. The van der Waals surface area contributed by atoms with Crippen LogP contribution >= 0.6 is 0 Å². The first-order valence-corrected chi connectivity index (χ1v) is 3.72. The highest BCUT2D eigenvalue weighted by Crippen LogP contribution is 2.14. The molecule has 0 saturated heterocycles. The smallest absolute Gasteiger partial charge is 0.422 e. The van der Waals surface area contributed by atoms with Gasteiger partial charge in [0, 0.05) is 6.54 Å². The maximum Gasteiger partial charge on any atom is 0.422 e. The first-order valence-electron chi connectivity index (χ1n) is 3.72. The Balaban J connectivity index is 3.63. The van der Waals surface area contributed by atoms with Gasteiger partial charge in [-0.3, -0.25) is 0 Å². The van der Waals surface area contributed by atoms with Crippen LogP contribution in [0.3, 0.4) is 0 Å². The van der Waals surface area contributed by atoms with E-state index in [1.165, 1.54) is 6.92 Å². The number of carbonyl (C=O) groups is 1. The Morgan fingerprint density at radius 1 is 1.64 bits per heavy atom. The van der Waals surface area contributed by atoms with Crippen molar-refractivity contribution in [3.05, 3.63) is 0 Å². The number of rotatable bonds is 3. The molecule has 0 saturated carbocycles. The van der Waals surface area contributed by atoms with E-state index in [9.17, 15) is 18.0 Å². The van der Waals surface area contributed by atoms with Crippen LogP contribution in [0.1, 0.15) is 6.92 Å². The number of carbonyl (C=O) groups excluding carboxylic acids is 1. The summed E-state index contributed by atoms with van der Waals surface area (Å²) in [6.07, 6.45) is -5.71. The largest absolute Gasteiger partial charge is 0.440 e. The molecule has 1 amide bonds. The molecular formula is C7H9F3N2O2. The van der Waals surface area contributed by atoms with Gasteiger partial charge in [-0.1, -0.05) is 0 Å². The molecule has 4 nitrogen and oxygen atoms in total. The number of alkyl halides is 3. The Labute approximate surface area is 78.6 Å². The Morgan fingerprint density at radius 2 is 2.21 bits per heavy atom. The molecule has 0 aromatic carbocycles. The summed E-state index contributed by atoms with van der Waals surface area (Å²) in [5, 5.41) is 10.3. The van der Waals surface area contributed by atoms with Crippen LogP contribution in [0.2, 0.25) is 0 Å². The van der Waals surface area contributed by atoms with Crippen LogP contribution in [-0.4, -0.2) is 25.4 Å². The molecule has 0 spiro atoms. The monoisotopic (exact) mass is 210 g/mol. The van der Waals surface area contributed by atoms with Gasteiger partial charge in [-0.25, -0.2) is 4.79 Å². The summed E-state index contributed by atoms with van der Waals surface area (Å²) < 4.78 is 38.4. The van der Waals surface area contributed by atoms with E-state index in [2.05, 4.69) is 4.74 Å². The van der Waals surface area contributed by atoms with E-state index in [-0.39, 0.29) is 6.54 Å². The van der Waals surface area contributed by atoms with E-state index in [1.807, 2.05) is 5.32 Å². The van der Waals surface area contributed by atoms with Crippen molar-refractivity contribution in [2.45, 2.75) is 13.1 Å². The molecule has 0 radical (unpaired) electrons. The fraction of sp³-hybridized carbons (Fsp3) is 0.714. The summed E-state index contributed by atoms with van der Waals surface area (Å²) in [6, 6.07) is 1.80. The highest BCUT2D eigenvalue weighted by Gasteiger charge is 2.29. The van der Waals surface area contributed by atoms with E-state index in [4.69, 9.17) is 5.26 Å². The average molecular weight is 210 g/mol. The second-order valence-electron chi connectivity index (χ2n) is 2.60. The minimum Gasteiger partial charge on any atom is -0.440 e. The van der Waals surface area contributed by atoms with Gasteiger partial charge in [-0.2, -0.15) is 18.4 Å². The zero-order valence-electron chi connectivity index (χ0n) is 7.39. The van der Waals surface area contributed by atoms with Gasteiger partial charge in [-0.15, -0.1) is 0 Å². The molecule has 14 heavy (non-hydrogen) atoms. The molecule has 1 unspecified atom stereocenters. The van der Waals surface area contributed by atoms with Gasteiger partial charge in [0.05, 0.1) is 12.0 Å². The maximum absolute atomic E-state index is 11.5. The number of hydrogen-bond donors (Lipinski definition) is 1. The van der Waals surface area contributed by atoms with Gasteiger partial charge in [0.1, 0.15) is 0 Å². The number of halogens is 3. The number of alkyl carbamates (subject to hydrolysis) is 1. The van der Waals surface area contributed by atoms with Crippen molar-refractivity contribution in [3.8, 4) is 6.07 Å². The lowest BCUT2D eigenvalue weighted by atomic mass is 10.2. The minimum absolute atomic E-state index is 0.0345. The van der Waals surface area contributed by atoms with Crippen molar-refractivity contribution in [3.63, 3.8) is 0 Å². The van der Waals surface area contributed by atoms with Crippen molar-refractivity contribution in [2.24, 2.45) is 5.92 Å². The summed E-state index contributed by atoms with van der Waals surface area (Å²) in [4.78, 5) is 10.6. The molecule has 0 aromatic rings. The van der Waals surface area contributed by atoms with Crippen LogP contribution in [0.4, 0.5) is 18.0 Å². The van der Waals surface area contributed by atoms with Crippen LogP contribution < -0.4 is 5.32 Å². The standard InChI is InChI=1S/C7H9F3N2O2/c1-5(2-11)3-12-6(13)14-4-7(8,9)10/h5H,3-4H2,1H3,(H,12,13). The topological polar surface area (TPSA) is 62.1 Å². The highest BCUT2D eigenvalue weighted by molar-refractivity contribution is 5.67. The minimum atomic E-state index is -4.53. The van der Waals surface area contributed by atoms with Crippen molar-refractivity contribution < 1.29 is 22.7 Å². The Kier molecular flexibility index (Phi) is 4.77. The Morgan fingerprint density at radius 3 is 2.64 bits per heavy atom. The second-order valence-corrected chi connectivity index (χ2v) is 2.60. The van der Waals surface area contributed by atoms with E-state index in [1.54, 1.807) is 6.07 Å². The number of nitrogens with zero attached hydrogens (tertiary/aromatic N) is 1. The SMILES string of the molecule is CC(C#N)CNC(=O)OCC(F)(F)F. The highest BCUT2D eigenvalue weighted by atomic mass is 19.4. The summed E-state index contributed by atoms with van der Waals surface area (Å²) in [5.41, 5.74) is 0. The average Bonchev–Trinajstić information content (AvgIpc) is 2.09. The van der Waals surface area contributed by atoms with Crippen LogP contribution in [-0.2, 0) is 4.74 Å². The summed E-state index contributed by atoms with van der Waals surface area (Å²) in [5.74, 6) is -0.464. The Hall–Kier alpha value is -1.45. The van der Waals surface area contributed by atoms with Gasteiger partial charge in [0.15, 0.2) is 6.61 Å². The van der Waals surface area contributed by atoms with Crippen molar-refractivity contribution in [1.29, 1.82) is 5.26 Å². The lowest BCUT2D eigenvalue weighted by molar-refractivity contribution is -0.160. The summed E-state index contributed by atoms with van der Waals surface area (Å²) in [7, 11) is 0. The molecule has 0 aromatic heterocycles. The third kappa shape index (κ3) is 7.21. The van der Waals surface area contributed by atoms with Crippen LogP contribution in [0.25, 0.3) is 0 Å². The summed E-state index contributed by atoms with van der Waals surface area (Å²) in [6.45, 7) is -0.142. The quantitative estimate of drug-likeness (QED) is 0.766. The van der Waals surface area contributed by atoms with Crippen molar-refractivity contribution in [2.75, 3.05) is 13.2 Å². The molecule has 80 valence electrons. The number of nitrogens with one attached hydrogen (secondary N) is 1. The van der Waals surface area contributed by atoms with E-state index < -0.39 is 24.8 Å². The molecule has 0 rings (SSSR count). The molecule has 1 atom stereocenters. The van der Waals surface area contributed by atoms with E-state index in [0.29, 0.717) is 0 Å². The predicted octanol–water partition coefficient (Wildman–Crippen LogP) is 1.43. The third-order valence-electron chi connectivity index (χ3n) is 1.14. The fourth-order valence-electron chi connectivity index (χ4n) is 0.480. The van der Waals surface area contributed by atoms with Gasteiger partial charge in [-0.05, 0) is 6.92 Å². The molecular weight excluding hydrogens is 201 g/mol. The molecule has 0 heterocycles. The molecule has 0 aliphatic carbocycles. The molecule has 0 bridgehead atoms. The molecule has 0 aliphatic heterocycles. The second kappa shape index (κ2) is 5.32. The lowest BCUT2D eigenvalue weighted by Crippen LogP contribution is -2.31. The zero-order valence-corrected chi connectivity index (χ0v) is 7.39. The number of ether oxygens (including phenoxy) is 1. The number of hydrogen-bond acceptors (Lipinski definition) is 3. The zero-order chi connectivity index (χ0) is 11.2. The number of nitriles is 1. The molecule has 1 N–H and O–H groups in total. The van der Waals surface area contributed by atoms with Gasteiger partial charge in [0.2, 0.25) is 0 Å². The van der Waals surface area contributed by atoms with Gasteiger partial charge < -0.3 is 10.1 Å².